The molecule has 1 N–H and O–H groups in total. The average Bonchev–Trinajstić information content (AvgIpc) is 2.77. The first-order valence-corrected chi connectivity index (χ1v) is 7.83. The Morgan fingerprint density at radius 3 is 2.48 bits per heavy atom. The minimum atomic E-state index is -0.295. The Kier molecular flexibility index (Phi) is 3.64. The van der Waals surface area contributed by atoms with Crippen LogP contribution in [0.2, 0.25) is 0 Å². The fraction of sp³-hybridized carbons (Fsp3) is 0.294. The van der Waals surface area contributed by atoms with Gasteiger partial charge in [0.1, 0.15) is 0 Å². The molecule has 0 saturated carbocycles. The Hall–Kier alpha value is -1.94. The molecular weight excluding hydrogens is 282 g/mol. The highest BCUT2D eigenvalue weighted by atomic mass is 32.1. The van der Waals surface area contributed by atoms with E-state index in [9.17, 15) is 9.59 Å². The maximum atomic E-state index is 12.4. The van der Waals surface area contributed by atoms with Crippen molar-refractivity contribution in [1.82, 2.24) is 5.32 Å². The van der Waals surface area contributed by atoms with Crippen LogP contribution in [0.5, 0.6) is 0 Å². The van der Waals surface area contributed by atoms with Crippen molar-refractivity contribution in [2.45, 2.75) is 32.1 Å². The molecule has 1 saturated heterocycles. The fourth-order valence-electron chi connectivity index (χ4n) is 3.12. The summed E-state index contributed by atoms with van der Waals surface area (Å²) in [7, 11) is 0. The first kappa shape index (κ1) is 14.0. The van der Waals surface area contributed by atoms with E-state index >= 15 is 0 Å². The van der Waals surface area contributed by atoms with Crippen molar-refractivity contribution in [3.05, 3.63) is 57.3 Å². The van der Waals surface area contributed by atoms with E-state index in [-0.39, 0.29) is 23.7 Å². The summed E-state index contributed by atoms with van der Waals surface area (Å²) in [6, 6.07) is 11.8. The monoisotopic (exact) mass is 299 g/mol. The summed E-state index contributed by atoms with van der Waals surface area (Å²) in [6.45, 7) is 4.12. The van der Waals surface area contributed by atoms with Crippen molar-refractivity contribution in [3.8, 4) is 0 Å². The number of imide groups is 1. The summed E-state index contributed by atoms with van der Waals surface area (Å²) in [4.78, 5) is 26.6. The predicted molar refractivity (Wildman–Crippen MR) is 83.5 cm³/mol. The van der Waals surface area contributed by atoms with Gasteiger partial charge in [0.15, 0.2) is 0 Å². The summed E-state index contributed by atoms with van der Waals surface area (Å²) in [5.74, 6) is -0.735. The quantitative estimate of drug-likeness (QED) is 0.865. The highest BCUT2D eigenvalue weighted by Crippen LogP contribution is 2.41. The number of carbonyl (C=O) groups is 2. The van der Waals surface area contributed by atoms with Gasteiger partial charge in [-0.2, -0.15) is 0 Å². The average molecular weight is 299 g/mol. The molecule has 0 aliphatic carbocycles. The number of thiophene rings is 1. The van der Waals surface area contributed by atoms with Gasteiger partial charge in [0, 0.05) is 22.1 Å². The molecule has 0 radical (unpaired) electrons. The highest BCUT2D eigenvalue weighted by molar-refractivity contribution is 7.12. The number of carbonyl (C=O) groups excluding carboxylic acids is 2. The van der Waals surface area contributed by atoms with Crippen LogP contribution in [0.4, 0.5) is 0 Å². The van der Waals surface area contributed by atoms with Gasteiger partial charge < -0.3 is 0 Å². The van der Waals surface area contributed by atoms with Gasteiger partial charge in [0.2, 0.25) is 11.8 Å². The molecule has 2 aromatic rings. The standard InChI is InChI=1S/C17H17NO2S/c1-10-8-13(11(2)21-10)14-9-15(19)18-17(20)16(14)12-6-4-3-5-7-12/h3-8,14,16H,9H2,1-2H3,(H,18,19,20). The number of hydrogen-bond donors (Lipinski definition) is 1. The predicted octanol–water partition coefficient (Wildman–Crippen LogP) is 3.28. The van der Waals surface area contributed by atoms with Crippen molar-refractivity contribution < 1.29 is 9.59 Å². The molecule has 3 nitrogen and oxygen atoms in total. The van der Waals surface area contributed by atoms with E-state index in [2.05, 4.69) is 25.2 Å². The lowest BCUT2D eigenvalue weighted by Gasteiger charge is -2.30. The van der Waals surface area contributed by atoms with Crippen molar-refractivity contribution in [2.75, 3.05) is 0 Å². The molecule has 2 heterocycles. The smallest absolute Gasteiger partial charge is 0.234 e. The van der Waals surface area contributed by atoms with Gasteiger partial charge in [-0.3, -0.25) is 14.9 Å². The van der Waals surface area contributed by atoms with Gasteiger partial charge in [-0.25, -0.2) is 0 Å². The van der Waals surface area contributed by atoms with Crippen LogP contribution >= 0.6 is 11.3 Å². The van der Waals surface area contributed by atoms with Gasteiger partial charge in [0.05, 0.1) is 5.92 Å². The van der Waals surface area contributed by atoms with E-state index in [1.165, 1.54) is 9.75 Å². The number of benzene rings is 1. The lowest BCUT2D eigenvalue weighted by atomic mass is 9.76. The van der Waals surface area contributed by atoms with E-state index < -0.39 is 0 Å². The molecule has 1 aromatic carbocycles. The number of aryl methyl sites for hydroxylation is 2. The lowest BCUT2D eigenvalue weighted by Crippen LogP contribution is -2.43. The molecule has 108 valence electrons. The van der Waals surface area contributed by atoms with Crippen molar-refractivity contribution in [3.63, 3.8) is 0 Å². The third-order valence-electron chi connectivity index (χ3n) is 3.99. The zero-order valence-electron chi connectivity index (χ0n) is 12.1. The van der Waals surface area contributed by atoms with Crippen LogP contribution in [0.15, 0.2) is 36.4 Å². The molecule has 2 amide bonds. The molecule has 2 atom stereocenters. The van der Waals surface area contributed by atoms with Gasteiger partial charge in [-0.05, 0) is 31.0 Å². The third kappa shape index (κ3) is 2.63. The van der Waals surface area contributed by atoms with Crippen LogP contribution < -0.4 is 5.32 Å². The molecule has 1 aromatic heterocycles. The zero-order chi connectivity index (χ0) is 15.0. The van der Waals surface area contributed by atoms with Crippen LogP contribution in [0.3, 0.4) is 0 Å². The maximum Gasteiger partial charge on any atom is 0.234 e. The van der Waals surface area contributed by atoms with Crippen LogP contribution in [-0.2, 0) is 9.59 Å². The normalized spacial score (nSPS) is 22.2. The molecule has 1 aliphatic heterocycles. The molecule has 21 heavy (non-hydrogen) atoms. The molecule has 0 spiro atoms. The Balaban J connectivity index is 2.07. The van der Waals surface area contributed by atoms with Crippen molar-refractivity contribution in [2.24, 2.45) is 0 Å². The molecule has 4 heteroatoms. The van der Waals surface area contributed by atoms with E-state index in [0.717, 1.165) is 11.1 Å². The van der Waals surface area contributed by atoms with Gasteiger partial charge in [-0.1, -0.05) is 30.3 Å². The lowest BCUT2D eigenvalue weighted by molar-refractivity contribution is -0.135. The molecule has 1 aliphatic rings. The van der Waals surface area contributed by atoms with E-state index in [1.807, 2.05) is 30.3 Å². The first-order valence-electron chi connectivity index (χ1n) is 7.02. The largest absolute Gasteiger partial charge is 0.296 e. The number of piperidine rings is 1. The second-order valence-electron chi connectivity index (χ2n) is 5.48. The Labute approximate surface area is 128 Å². The SMILES string of the molecule is Cc1cc(C2CC(=O)NC(=O)C2c2ccccc2)c(C)s1. The molecule has 0 bridgehead atoms. The minimum Gasteiger partial charge on any atom is -0.296 e. The Morgan fingerprint density at radius 2 is 1.86 bits per heavy atom. The highest BCUT2D eigenvalue weighted by Gasteiger charge is 2.38. The third-order valence-corrected chi connectivity index (χ3v) is 4.97. The Morgan fingerprint density at radius 1 is 1.14 bits per heavy atom. The molecule has 1 fully saturated rings. The van der Waals surface area contributed by atoms with Crippen LogP contribution in [0.1, 0.15) is 39.1 Å². The van der Waals surface area contributed by atoms with Crippen LogP contribution in [-0.4, -0.2) is 11.8 Å². The van der Waals surface area contributed by atoms with Crippen molar-refractivity contribution in [1.29, 1.82) is 0 Å². The van der Waals surface area contributed by atoms with Gasteiger partial charge >= 0.3 is 0 Å². The summed E-state index contributed by atoms with van der Waals surface area (Å²) < 4.78 is 0. The van der Waals surface area contributed by atoms with E-state index in [0.29, 0.717) is 6.42 Å². The summed E-state index contributed by atoms with van der Waals surface area (Å²) in [5, 5.41) is 2.48. The van der Waals surface area contributed by atoms with Crippen LogP contribution in [0.25, 0.3) is 0 Å². The number of rotatable bonds is 2. The number of hydrogen-bond acceptors (Lipinski definition) is 3. The molecule has 2 unspecified atom stereocenters. The van der Waals surface area contributed by atoms with E-state index in [1.54, 1.807) is 11.3 Å². The first-order chi connectivity index (χ1) is 10.1. The zero-order valence-corrected chi connectivity index (χ0v) is 12.9. The molecule has 3 rings (SSSR count). The summed E-state index contributed by atoms with van der Waals surface area (Å²) >= 11 is 1.72. The number of amides is 2. The van der Waals surface area contributed by atoms with Crippen LogP contribution in [0, 0.1) is 13.8 Å². The van der Waals surface area contributed by atoms with Gasteiger partial charge in [0.25, 0.3) is 0 Å². The Bertz CT molecular complexity index is 690. The minimum absolute atomic E-state index is 0.0707. The van der Waals surface area contributed by atoms with Crippen molar-refractivity contribution >= 4 is 23.2 Å². The van der Waals surface area contributed by atoms with E-state index in [4.69, 9.17) is 0 Å². The fourth-order valence-corrected chi connectivity index (χ4v) is 4.12. The second-order valence-corrected chi connectivity index (χ2v) is 6.94. The molecular formula is C17H17NO2S. The topological polar surface area (TPSA) is 46.2 Å². The summed E-state index contributed by atoms with van der Waals surface area (Å²) in [5.41, 5.74) is 2.10. The second kappa shape index (κ2) is 5.45. The maximum absolute atomic E-state index is 12.4. The summed E-state index contributed by atoms with van der Waals surface area (Å²) in [6.07, 6.45) is 0.363. The number of nitrogens with one attached hydrogen (secondary N) is 1. The van der Waals surface area contributed by atoms with Gasteiger partial charge in [-0.15, -0.1) is 11.3 Å².